The van der Waals surface area contributed by atoms with Gasteiger partial charge >= 0.3 is 0 Å². The van der Waals surface area contributed by atoms with Crippen molar-refractivity contribution in [1.82, 2.24) is 25.0 Å². The molecule has 23 heavy (non-hydrogen) atoms. The Morgan fingerprint density at radius 1 is 1.30 bits per heavy atom. The van der Waals surface area contributed by atoms with E-state index >= 15 is 0 Å². The van der Waals surface area contributed by atoms with Gasteiger partial charge in [0.25, 0.3) is 0 Å². The fourth-order valence-corrected chi connectivity index (χ4v) is 3.43. The molecule has 3 aromatic heterocycles. The van der Waals surface area contributed by atoms with Crippen molar-refractivity contribution in [2.45, 2.75) is 26.9 Å². The third kappa shape index (κ3) is 4.88. The van der Waals surface area contributed by atoms with Crippen molar-refractivity contribution in [3.63, 3.8) is 0 Å². The molecule has 3 rings (SSSR count). The number of hydrogen-bond donors (Lipinski definition) is 2. The third-order valence-corrected chi connectivity index (χ3v) is 4.70. The fourth-order valence-electron chi connectivity index (χ4n) is 2.00. The molecule has 2 N–H and O–H groups in total. The molecule has 0 atom stereocenters. The first-order valence-electron chi connectivity index (χ1n) is 7.09. The number of guanidine groups is 1. The number of fused-ring (bicyclic) bond motifs is 1. The SMILES string of the molecule is CCNC(=NCc1cn2ccsc2n1)NCc1nc(C)cs1.I. The first kappa shape index (κ1) is 18.1. The maximum absolute atomic E-state index is 4.58. The zero-order valence-corrected chi connectivity index (χ0v) is 16.9. The van der Waals surface area contributed by atoms with Crippen LogP contribution in [0.25, 0.3) is 4.96 Å². The molecular weight excluding hydrogens is 443 g/mol. The van der Waals surface area contributed by atoms with E-state index in [0.717, 1.165) is 33.9 Å². The van der Waals surface area contributed by atoms with Crippen molar-refractivity contribution in [2.75, 3.05) is 6.54 Å². The summed E-state index contributed by atoms with van der Waals surface area (Å²) in [6.45, 7) is 6.12. The van der Waals surface area contributed by atoms with Crippen molar-refractivity contribution in [3.8, 4) is 0 Å². The van der Waals surface area contributed by atoms with Crippen molar-refractivity contribution in [1.29, 1.82) is 0 Å². The van der Waals surface area contributed by atoms with Gasteiger partial charge in [-0.1, -0.05) is 0 Å². The molecule has 0 saturated heterocycles. The predicted octanol–water partition coefficient (Wildman–Crippen LogP) is 3.03. The van der Waals surface area contributed by atoms with E-state index in [0.29, 0.717) is 13.1 Å². The molecule has 3 heterocycles. The van der Waals surface area contributed by atoms with Crippen LogP contribution in [0.1, 0.15) is 23.3 Å². The largest absolute Gasteiger partial charge is 0.357 e. The van der Waals surface area contributed by atoms with Crippen LogP contribution in [0, 0.1) is 6.92 Å². The lowest BCUT2D eigenvalue weighted by molar-refractivity contribution is 0.807. The second-order valence-electron chi connectivity index (χ2n) is 4.76. The number of aromatic nitrogens is 3. The minimum atomic E-state index is 0. The number of hydrogen-bond acceptors (Lipinski definition) is 5. The summed E-state index contributed by atoms with van der Waals surface area (Å²) in [7, 11) is 0. The summed E-state index contributed by atoms with van der Waals surface area (Å²) in [4.78, 5) is 14.6. The van der Waals surface area contributed by atoms with Gasteiger partial charge in [0, 0.05) is 35.4 Å². The van der Waals surface area contributed by atoms with E-state index in [9.17, 15) is 0 Å². The summed E-state index contributed by atoms with van der Waals surface area (Å²) >= 11 is 3.29. The van der Waals surface area contributed by atoms with E-state index in [4.69, 9.17) is 0 Å². The van der Waals surface area contributed by atoms with Crippen LogP contribution >= 0.6 is 46.7 Å². The van der Waals surface area contributed by atoms with Crippen LogP contribution in [0.3, 0.4) is 0 Å². The van der Waals surface area contributed by atoms with Gasteiger partial charge in [-0.05, 0) is 13.8 Å². The second kappa shape index (κ2) is 8.60. The molecule has 0 unspecified atom stereocenters. The van der Waals surface area contributed by atoms with Gasteiger partial charge in [0.1, 0.15) is 5.01 Å². The zero-order valence-electron chi connectivity index (χ0n) is 12.9. The molecule has 124 valence electrons. The van der Waals surface area contributed by atoms with E-state index in [1.54, 1.807) is 22.7 Å². The summed E-state index contributed by atoms with van der Waals surface area (Å²) in [6, 6.07) is 0. The highest BCUT2D eigenvalue weighted by Gasteiger charge is 2.04. The minimum absolute atomic E-state index is 0. The monoisotopic (exact) mass is 462 g/mol. The predicted molar refractivity (Wildman–Crippen MR) is 107 cm³/mol. The molecule has 0 aromatic carbocycles. The van der Waals surface area contributed by atoms with Gasteiger partial charge in [-0.25, -0.2) is 15.0 Å². The lowest BCUT2D eigenvalue weighted by atomic mass is 10.5. The van der Waals surface area contributed by atoms with Gasteiger partial charge < -0.3 is 10.6 Å². The van der Waals surface area contributed by atoms with Crippen LogP contribution in [-0.2, 0) is 13.1 Å². The second-order valence-corrected chi connectivity index (χ2v) is 6.57. The van der Waals surface area contributed by atoms with E-state index in [-0.39, 0.29) is 24.0 Å². The zero-order chi connectivity index (χ0) is 15.4. The molecule has 0 saturated carbocycles. The Balaban J connectivity index is 0.00000192. The fraction of sp³-hybridized carbons (Fsp3) is 0.357. The van der Waals surface area contributed by atoms with Gasteiger partial charge in [0.05, 0.1) is 18.8 Å². The molecule has 0 aliphatic rings. The van der Waals surface area contributed by atoms with Crippen LogP contribution < -0.4 is 10.6 Å². The summed E-state index contributed by atoms with van der Waals surface area (Å²) in [5.74, 6) is 0.784. The molecule has 0 spiro atoms. The molecule has 9 heteroatoms. The Morgan fingerprint density at radius 2 is 2.17 bits per heavy atom. The summed E-state index contributed by atoms with van der Waals surface area (Å²) < 4.78 is 2.02. The molecule has 0 aliphatic carbocycles. The molecule has 0 amide bonds. The Bertz CT molecular complexity index is 747. The highest BCUT2D eigenvalue weighted by atomic mass is 127. The summed E-state index contributed by atoms with van der Waals surface area (Å²) in [6.07, 6.45) is 4.03. The van der Waals surface area contributed by atoms with Crippen LogP contribution in [-0.4, -0.2) is 26.9 Å². The molecule has 6 nitrogen and oxygen atoms in total. The van der Waals surface area contributed by atoms with Gasteiger partial charge in [0.2, 0.25) is 0 Å². The lowest BCUT2D eigenvalue weighted by Crippen LogP contribution is -2.36. The van der Waals surface area contributed by atoms with Crippen LogP contribution in [0.15, 0.2) is 28.1 Å². The number of thiazole rings is 2. The first-order chi connectivity index (χ1) is 10.7. The number of rotatable bonds is 5. The molecule has 3 aromatic rings. The summed E-state index contributed by atoms with van der Waals surface area (Å²) in [5.41, 5.74) is 2.02. The van der Waals surface area contributed by atoms with Crippen LogP contribution in [0.5, 0.6) is 0 Å². The maximum Gasteiger partial charge on any atom is 0.193 e. The Hall–Kier alpha value is -1.20. The van der Waals surface area contributed by atoms with Crippen molar-refractivity contribution in [2.24, 2.45) is 4.99 Å². The Morgan fingerprint density at radius 3 is 2.87 bits per heavy atom. The van der Waals surface area contributed by atoms with Gasteiger partial charge in [0.15, 0.2) is 10.9 Å². The van der Waals surface area contributed by atoms with Crippen molar-refractivity contribution in [3.05, 3.63) is 39.5 Å². The molecule has 0 fully saturated rings. The quantitative estimate of drug-likeness (QED) is 0.348. The number of imidazole rings is 1. The van der Waals surface area contributed by atoms with Crippen molar-refractivity contribution >= 4 is 57.6 Å². The highest BCUT2D eigenvalue weighted by molar-refractivity contribution is 14.0. The van der Waals surface area contributed by atoms with E-state index in [1.807, 2.05) is 29.1 Å². The Kier molecular flexibility index (Phi) is 6.78. The van der Waals surface area contributed by atoms with Gasteiger partial charge in [-0.2, -0.15) is 0 Å². The molecule has 0 bridgehead atoms. The average molecular weight is 462 g/mol. The third-order valence-electron chi connectivity index (χ3n) is 2.96. The summed E-state index contributed by atoms with van der Waals surface area (Å²) in [5, 5.41) is 11.7. The van der Waals surface area contributed by atoms with E-state index < -0.39 is 0 Å². The van der Waals surface area contributed by atoms with Gasteiger partial charge in [-0.15, -0.1) is 46.7 Å². The Labute approximate surface area is 160 Å². The first-order valence-corrected chi connectivity index (χ1v) is 8.85. The molecule has 0 radical (unpaired) electrons. The number of halogens is 1. The normalized spacial score (nSPS) is 11.5. The molecule has 0 aliphatic heterocycles. The lowest BCUT2D eigenvalue weighted by Gasteiger charge is -2.09. The topological polar surface area (TPSA) is 66.6 Å². The molecular formula is C14H19IN6S2. The number of aryl methyl sites for hydroxylation is 1. The highest BCUT2D eigenvalue weighted by Crippen LogP contribution is 2.12. The van der Waals surface area contributed by atoms with E-state index in [1.165, 1.54) is 0 Å². The van der Waals surface area contributed by atoms with E-state index in [2.05, 4.69) is 37.9 Å². The van der Waals surface area contributed by atoms with Crippen LogP contribution in [0.4, 0.5) is 0 Å². The smallest absolute Gasteiger partial charge is 0.193 e. The number of nitrogens with zero attached hydrogens (tertiary/aromatic N) is 4. The van der Waals surface area contributed by atoms with Gasteiger partial charge in [-0.3, -0.25) is 4.40 Å². The number of aliphatic imine (C=N–C) groups is 1. The standard InChI is InChI=1S/C14H18N6S2.HI/c1-3-15-13(17-7-12-18-10(2)9-22-12)16-6-11-8-20-4-5-21-14(20)19-11;/h4-5,8-9H,3,6-7H2,1-2H3,(H2,15,16,17);1H. The average Bonchev–Trinajstić information content (AvgIpc) is 3.17. The van der Waals surface area contributed by atoms with Crippen molar-refractivity contribution < 1.29 is 0 Å². The maximum atomic E-state index is 4.58. The number of nitrogens with one attached hydrogen (secondary N) is 2. The minimum Gasteiger partial charge on any atom is -0.357 e. The van der Waals surface area contributed by atoms with Crippen LogP contribution in [0.2, 0.25) is 0 Å².